The second-order valence-electron chi connectivity index (χ2n) is 9.69. The molecule has 0 spiro atoms. The number of amides is 1. The van der Waals surface area contributed by atoms with Crippen LogP contribution in [-0.4, -0.2) is 42.6 Å². The molecule has 2 fully saturated rings. The number of nitrogens with one attached hydrogen (secondary N) is 1. The first-order valence-corrected chi connectivity index (χ1v) is 12.1. The van der Waals surface area contributed by atoms with Gasteiger partial charge in [0.1, 0.15) is 17.8 Å². The molecule has 35 heavy (non-hydrogen) atoms. The van der Waals surface area contributed by atoms with E-state index in [1.165, 1.54) is 6.33 Å². The van der Waals surface area contributed by atoms with Crippen LogP contribution < -0.4 is 10.1 Å². The lowest BCUT2D eigenvalue weighted by Gasteiger charge is -2.13. The lowest BCUT2D eigenvalue weighted by molar-refractivity contribution is -0.119. The van der Waals surface area contributed by atoms with Crippen molar-refractivity contribution < 1.29 is 9.53 Å². The van der Waals surface area contributed by atoms with E-state index in [2.05, 4.69) is 27.2 Å². The Morgan fingerprint density at radius 1 is 1.20 bits per heavy atom. The van der Waals surface area contributed by atoms with Gasteiger partial charge in [-0.1, -0.05) is 17.7 Å². The van der Waals surface area contributed by atoms with Crippen LogP contribution in [0.1, 0.15) is 48.9 Å². The van der Waals surface area contributed by atoms with Crippen LogP contribution in [0.25, 0.3) is 22.6 Å². The van der Waals surface area contributed by atoms with Crippen molar-refractivity contribution in [3.8, 4) is 17.3 Å². The summed E-state index contributed by atoms with van der Waals surface area (Å²) in [6.07, 6.45) is 5.78. The second-order valence-corrected chi connectivity index (χ2v) is 10.1. The Morgan fingerprint density at radius 2 is 2.06 bits per heavy atom. The number of hydrogen-bond acceptors (Lipinski definition) is 6. The quantitative estimate of drug-likeness (QED) is 0.431. The van der Waals surface area contributed by atoms with E-state index in [4.69, 9.17) is 21.3 Å². The normalized spacial score (nSPS) is 18.6. The summed E-state index contributed by atoms with van der Waals surface area (Å²) >= 11 is 6.82. The third kappa shape index (κ3) is 4.23. The Balaban J connectivity index is 1.47. The van der Waals surface area contributed by atoms with Gasteiger partial charge in [-0.15, -0.1) is 0 Å². The van der Waals surface area contributed by atoms with Crippen LogP contribution >= 0.6 is 11.6 Å². The molecule has 1 unspecified atom stereocenters. The van der Waals surface area contributed by atoms with Crippen molar-refractivity contribution in [1.82, 2.24) is 29.8 Å². The third-order valence-electron chi connectivity index (χ3n) is 6.77. The molecule has 178 valence electrons. The van der Waals surface area contributed by atoms with Crippen LogP contribution in [0.3, 0.4) is 0 Å². The molecule has 1 atom stereocenters. The number of hydrogen-bond donors (Lipinski definition) is 1. The van der Waals surface area contributed by atoms with Crippen molar-refractivity contribution in [2.75, 3.05) is 6.54 Å². The average molecular weight is 489 g/mol. The summed E-state index contributed by atoms with van der Waals surface area (Å²) in [7, 11) is 0. The molecular weight excluding hydrogens is 464 g/mol. The molecule has 9 heteroatoms. The van der Waals surface area contributed by atoms with Gasteiger partial charge in [-0.3, -0.25) is 9.78 Å². The molecule has 0 radical (unpaired) electrons. The molecule has 8 nitrogen and oxygen atoms in total. The predicted octanol–water partition coefficient (Wildman–Crippen LogP) is 4.43. The van der Waals surface area contributed by atoms with Gasteiger partial charge in [0.15, 0.2) is 11.2 Å². The largest absolute Gasteiger partial charge is 0.470 e. The Bertz CT molecular complexity index is 1460. The maximum absolute atomic E-state index is 11.7. The first-order chi connectivity index (χ1) is 16.9. The Hall–Kier alpha value is -3.52. The second kappa shape index (κ2) is 8.30. The molecule has 1 amide bonds. The summed E-state index contributed by atoms with van der Waals surface area (Å²) in [5.41, 5.74) is 4.91. The highest BCUT2D eigenvalue weighted by molar-refractivity contribution is 6.33. The zero-order chi connectivity index (χ0) is 24.2. The molecule has 4 aromatic rings. The summed E-state index contributed by atoms with van der Waals surface area (Å²) in [5, 5.41) is 3.46. The first-order valence-electron chi connectivity index (χ1n) is 11.8. The van der Waals surface area contributed by atoms with Gasteiger partial charge in [-0.05, 0) is 62.1 Å². The fourth-order valence-electron chi connectivity index (χ4n) is 4.51. The van der Waals surface area contributed by atoms with Gasteiger partial charge < -0.3 is 14.6 Å². The number of fused-ring (bicyclic) bond motifs is 1. The number of benzene rings is 1. The minimum absolute atomic E-state index is 0.0677. The van der Waals surface area contributed by atoms with Crippen molar-refractivity contribution in [3.63, 3.8) is 0 Å². The van der Waals surface area contributed by atoms with Crippen LogP contribution in [0.4, 0.5) is 0 Å². The maximum Gasteiger partial charge on any atom is 0.245 e. The van der Waals surface area contributed by atoms with Gasteiger partial charge in [0, 0.05) is 30.6 Å². The molecule has 0 bridgehead atoms. The number of ether oxygens (including phenoxy) is 1. The van der Waals surface area contributed by atoms with Crippen molar-refractivity contribution in [2.24, 2.45) is 0 Å². The summed E-state index contributed by atoms with van der Waals surface area (Å²) < 4.78 is 8.23. The maximum atomic E-state index is 11.7. The molecule has 3 aromatic heterocycles. The van der Waals surface area contributed by atoms with Gasteiger partial charge in [-0.25, -0.2) is 9.97 Å². The van der Waals surface area contributed by atoms with Crippen LogP contribution in [0.15, 0.2) is 42.9 Å². The lowest BCUT2D eigenvalue weighted by atomic mass is 9.97. The van der Waals surface area contributed by atoms with Gasteiger partial charge in [-0.2, -0.15) is 4.98 Å². The van der Waals surface area contributed by atoms with Gasteiger partial charge in [0.05, 0.1) is 17.3 Å². The number of carbonyl (C=O) groups excluding carboxylic acids is 1. The summed E-state index contributed by atoms with van der Waals surface area (Å²) in [5.74, 6) is 1.34. The van der Waals surface area contributed by atoms with Crippen LogP contribution in [0.5, 0.6) is 5.88 Å². The summed E-state index contributed by atoms with van der Waals surface area (Å²) in [6, 6.07) is 9.95. The number of aryl methyl sites for hydroxylation is 1. The minimum atomic E-state index is -0.199. The van der Waals surface area contributed by atoms with E-state index in [1.54, 1.807) is 6.20 Å². The van der Waals surface area contributed by atoms with Crippen LogP contribution in [0.2, 0.25) is 5.02 Å². The highest BCUT2D eigenvalue weighted by Crippen LogP contribution is 2.41. The Labute approximate surface area is 207 Å². The number of imidazole rings is 1. The highest BCUT2D eigenvalue weighted by atomic mass is 35.5. The number of halogens is 1. The van der Waals surface area contributed by atoms with Crippen molar-refractivity contribution >= 4 is 28.7 Å². The molecule has 1 aliphatic carbocycles. The molecular formula is C26H25ClN6O2. The van der Waals surface area contributed by atoms with E-state index in [1.807, 2.05) is 41.8 Å². The number of aromatic nitrogens is 5. The van der Waals surface area contributed by atoms with E-state index >= 15 is 0 Å². The van der Waals surface area contributed by atoms with Crippen LogP contribution in [-0.2, 0) is 11.3 Å². The van der Waals surface area contributed by atoms with Gasteiger partial charge >= 0.3 is 0 Å². The fraction of sp³-hybridized carbons (Fsp3) is 0.346. The van der Waals surface area contributed by atoms with E-state index < -0.39 is 0 Å². The van der Waals surface area contributed by atoms with E-state index in [-0.39, 0.29) is 17.4 Å². The molecule has 1 aliphatic heterocycles. The number of carbonyl (C=O) groups is 1. The predicted molar refractivity (Wildman–Crippen MR) is 132 cm³/mol. The van der Waals surface area contributed by atoms with Crippen molar-refractivity contribution in [2.45, 2.75) is 51.2 Å². The molecule has 1 saturated heterocycles. The number of nitrogens with zero attached hydrogens (tertiary/aromatic N) is 5. The topological polar surface area (TPSA) is 94.8 Å². The Kier molecular flexibility index (Phi) is 5.21. The monoisotopic (exact) mass is 488 g/mol. The SMILES string of the molecule is Cc1ccnc(Cn2c(-c3ccc(C4CNC(=O)C4)cc3Cl)nc3c(OC4(C)CC4)ncnc32)c1. The number of pyridine rings is 1. The highest BCUT2D eigenvalue weighted by Gasteiger charge is 2.41. The zero-order valence-corrected chi connectivity index (χ0v) is 20.3. The van der Waals surface area contributed by atoms with Crippen LogP contribution in [0, 0.1) is 6.92 Å². The summed E-state index contributed by atoms with van der Waals surface area (Å²) in [4.78, 5) is 30.2. The summed E-state index contributed by atoms with van der Waals surface area (Å²) in [6.45, 7) is 5.22. The first kappa shape index (κ1) is 22.0. The van der Waals surface area contributed by atoms with Gasteiger partial charge in [0.25, 0.3) is 0 Å². The minimum Gasteiger partial charge on any atom is -0.470 e. The van der Waals surface area contributed by atoms with Crippen molar-refractivity contribution in [1.29, 1.82) is 0 Å². The molecule has 1 saturated carbocycles. The van der Waals surface area contributed by atoms with Gasteiger partial charge in [0.2, 0.25) is 11.8 Å². The molecule has 1 aromatic carbocycles. The van der Waals surface area contributed by atoms with E-state index in [0.717, 1.165) is 35.2 Å². The average Bonchev–Trinajstić information content (AvgIpc) is 3.22. The number of rotatable bonds is 6. The Morgan fingerprint density at radius 3 is 2.77 bits per heavy atom. The van der Waals surface area contributed by atoms with E-state index in [0.29, 0.717) is 47.4 Å². The smallest absolute Gasteiger partial charge is 0.245 e. The lowest BCUT2D eigenvalue weighted by Crippen LogP contribution is -2.13. The third-order valence-corrected chi connectivity index (χ3v) is 7.08. The standard InChI is InChI=1S/C26H25ClN6O2/c1-15-5-8-28-18(9-15)13-33-23(19-4-3-16(10-20(19)27)17-11-21(34)29-12-17)32-22-24(33)30-14-31-25(22)35-26(2)6-7-26/h3-5,8-10,14,17H,6-7,11-13H2,1-2H3,(H,29,34). The molecule has 2 aliphatic rings. The van der Waals surface area contributed by atoms with Crippen molar-refractivity contribution in [3.05, 3.63) is 64.7 Å². The zero-order valence-electron chi connectivity index (χ0n) is 19.6. The molecule has 4 heterocycles. The fourth-order valence-corrected chi connectivity index (χ4v) is 4.79. The molecule has 6 rings (SSSR count). The molecule has 1 N–H and O–H groups in total. The van der Waals surface area contributed by atoms with E-state index in [9.17, 15) is 4.79 Å².